The van der Waals surface area contributed by atoms with Crippen LogP contribution < -0.4 is 0 Å². The lowest BCUT2D eigenvalue weighted by atomic mass is 10.2. The molecule has 0 saturated heterocycles. The second-order valence-electron chi connectivity index (χ2n) is 8.19. The van der Waals surface area contributed by atoms with Gasteiger partial charge < -0.3 is 4.90 Å². The van der Waals surface area contributed by atoms with Gasteiger partial charge in [0, 0.05) is 35.0 Å². The number of benzene rings is 2. The standard InChI is InChI=1S/C25H29N3O5S2/c1-3-4-16-27(35(32,33)24-14-11-22(12-15-24)28(30)31)19-25(29)26(17-21-8-6-5-7-9-21)18-23-13-10-20(2)34-23/h5-15H,3-4,16-19H2,1-2H3. The third-order valence-electron chi connectivity index (χ3n) is 5.47. The van der Waals surface area contributed by atoms with Crippen LogP contribution in [-0.2, 0) is 27.9 Å². The number of nitrogens with zero attached hydrogens (tertiary/aromatic N) is 3. The molecule has 1 heterocycles. The van der Waals surface area contributed by atoms with Gasteiger partial charge in [-0.15, -0.1) is 11.3 Å². The number of amides is 1. The Balaban J connectivity index is 1.86. The van der Waals surface area contributed by atoms with Crippen LogP contribution in [0.25, 0.3) is 0 Å². The van der Waals surface area contributed by atoms with Gasteiger partial charge in [-0.3, -0.25) is 14.9 Å². The van der Waals surface area contributed by atoms with Crippen LogP contribution in [0.2, 0.25) is 0 Å². The predicted molar refractivity (Wildman–Crippen MR) is 137 cm³/mol. The van der Waals surface area contributed by atoms with E-state index in [0.29, 0.717) is 19.5 Å². The third-order valence-corrected chi connectivity index (χ3v) is 8.31. The van der Waals surface area contributed by atoms with Gasteiger partial charge in [0.2, 0.25) is 15.9 Å². The van der Waals surface area contributed by atoms with Crippen molar-refractivity contribution >= 4 is 33.0 Å². The molecule has 0 spiro atoms. The quantitative estimate of drug-likeness (QED) is 0.250. The fourth-order valence-electron chi connectivity index (χ4n) is 3.55. The number of rotatable bonds is 12. The molecule has 0 N–H and O–H groups in total. The molecule has 0 aliphatic heterocycles. The number of non-ortho nitro benzene ring substituents is 1. The molecular weight excluding hydrogens is 486 g/mol. The van der Waals surface area contributed by atoms with E-state index >= 15 is 0 Å². The molecule has 35 heavy (non-hydrogen) atoms. The monoisotopic (exact) mass is 515 g/mol. The summed E-state index contributed by atoms with van der Waals surface area (Å²) in [5.74, 6) is -0.304. The predicted octanol–water partition coefficient (Wildman–Crippen LogP) is 4.98. The Labute approximate surface area is 210 Å². The van der Waals surface area contributed by atoms with Gasteiger partial charge in [0.25, 0.3) is 5.69 Å². The van der Waals surface area contributed by atoms with Crippen LogP contribution in [0.4, 0.5) is 5.69 Å². The average molecular weight is 516 g/mol. The molecular formula is C25H29N3O5S2. The Morgan fingerprint density at radius 2 is 1.69 bits per heavy atom. The lowest BCUT2D eigenvalue weighted by molar-refractivity contribution is -0.384. The SMILES string of the molecule is CCCCN(CC(=O)N(Cc1ccccc1)Cc1ccc(C)s1)S(=O)(=O)c1ccc([N+](=O)[O-])cc1. The van der Waals surface area contributed by atoms with E-state index in [0.717, 1.165) is 33.9 Å². The molecule has 1 amide bonds. The first kappa shape index (κ1) is 26.5. The first-order valence-electron chi connectivity index (χ1n) is 11.3. The molecule has 10 heteroatoms. The number of aryl methyl sites for hydroxylation is 1. The van der Waals surface area contributed by atoms with Gasteiger partial charge in [-0.25, -0.2) is 8.42 Å². The van der Waals surface area contributed by atoms with Crippen LogP contribution in [0, 0.1) is 17.0 Å². The highest BCUT2D eigenvalue weighted by atomic mass is 32.2. The molecule has 0 aliphatic carbocycles. The van der Waals surface area contributed by atoms with Crippen LogP contribution in [0.3, 0.4) is 0 Å². The lowest BCUT2D eigenvalue weighted by Crippen LogP contribution is -2.42. The van der Waals surface area contributed by atoms with Crippen molar-refractivity contribution in [2.75, 3.05) is 13.1 Å². The van der Waals surface area contributed by atoms with Crippen molar-refractivity contribution in [1.82, 2.24) is 9.21 Å². The largest absolute Gasteiger partial charge is 0.332 e. The maximum atomic E-state index is 13.5. The van der Waals surface area contributed by atoms with Gasteiger partial charge in [-0.1, -0.05) is 43.7 Å². The normalized spacial score (nSPS) is 11.5. The molecule has 1 aromatic heterocycles. The summed E-state index contributed by atoms with van der Waals surface area (Å²) < 4.78 is 27.9. The van der Waals surface area contributed by atoms with Gasteiger partial charge in [0.05, 0.1) is 22.9 Å². The van der Waals surface area contributed by atoms with E-state index in [1.54, 1.807) is 16.2 Å². The minimum atomic E-state index is -4.02. The molecule has 3 rings (SSSR count). The maximum absolute atomic E-state index is 13.5. The van der Waals surface area contributed by atoms with E-state index < -0.39 is 14.9 Å². The Bertz CT molecular complexity index is 1240. The van der Waals surface area contributed by atoms with Gasteiger partial charge in [0.15, 0.2) is 0 Å². The van der Waals surface area contributed by atoms with E-state index in [9.17, 15) is 23.3 Å². The number of sulfonamides is 1. The number of carbonyl (C=O) groups excluding carboxylic acids is 1. The summed E-state index contributed by atoms with van der Waals surface area (Å²) in [6, 6.07) is 18.3. The Morgan fingerprint density at radius 3 is 2.26 bits per heavy atom. The van der Waals surface area contributed by atoms with E-state index in [-0.39, 0.29) is 29.6 Å². The molecule has 0 radical (unpaired) electrons. The molecule has 0 saturated carbocycles. The molecule has 0 aliphatic rings. The van der Waals surface area contributed by atoms with Crippen molar-refractivity contribution in [3.05, 3.63) is 92.2 Å². The van der Waals surface area contributed by atoms with Crippen molar-refractivity contribution in [1.29, 1.82) is 0 Å². The van der Waals surface area contributed by atoms with Crippen LogP contribution in [0.1, 0.15) is 35.1 Å². The molecule has 2 aromatic carbocycles. The zero-order valence-corrected chi connectivity index (χ0v) is 21.4. The van der Waals surface area contributed by atoms with Crippen molar-refractivity contribution in [2.24, 2.45) is 0 Å². The number of hydrogen-bond acceptors (Lipinski definition) is 6. The van der Waals surface area contributed by atoms with Crippen LogP contribution in [0.15, 0.2) is 71.6 Å². The smallest absolute Gasteiger partial charge is 0.269 e. The first-order chi connectivity index (χ1) is 16.7. The second kappa shape index (κ2) is 12.1. The van der Waals surface area contributed by atoms with Gasteiger partial charge >= 0.3 is 0 Å². The zero-order valence-electron chi connectivity index (χ0n) is 19.8. The summed E-state index contributed by atoms with van der Waals surface area (Å²) >= 11 is 1.60. The fourth-order valence-corrected chi connectivity index (χ4v) is 5.89. The highest BCUT2D eigenvalue weighted by Crippen LogP contribution is 2.22. The lowest BCUT2D eigenvalue weighted by Gasteiger charge is -2.27. The number of nitro benzene ring substituents is 1. The maximum Gasteiger partial charge on any atom is 0.269 e. The molecule has 0 atom stereocenters. The van der Waals surface area contributed by atoms with Crippen molar-refractivity contribution < 1.29 is 18.1 Å². The number of hydrogen-bond donors (Lipinski definition) is 0. The fraction of sp³-hybridized carbons (Fsp3) is 0.320. The minimum Gasteiger partial charge on any atom is -0.332 e. The molecule has 3 aromatic rings. The van der Waals surface area contributed by atoms with Crippen molar-refractivity contribution in [3.63, 3.8) is 0 Å². The third kappa shape index (κ3) is 7.20. The van der Waals surface area contributed by atoms with Crippen LogP contribution in [-0.4, -0.2) is 41.5 Å². The zero-order chi connectivity index (χ0) is 25.4. The van der Waals surface area contributed by atoms with Crippen molar-refractivity contribution in [2.45, 2.75) is 44.7 Å². The van der Waals surface area contributed by atoms with Gasteiger partial charge in [-0.05, 0) is 43.2 Å². The second-order valence-corrected chi connectivity index (χ2v) is 11.5. The van der Waals surface area contributed by atoms with Gasteiger partial charge in [-0.2, -0.15) is 4.31 Å². The number of carbonyl (C=O) groups is 1. The van der Waals surface area contributed by atoms with E-state index in [2.05, 4.69) is 0 Å². The topological polar surface area (TPSA) is 101 Å². The summed E-state index contributed by atoms with van der Waals surface area (Å²) in [7, 11) is -4.02. The van der Waals surface area contributed by atoms with Crippen LogP contribution in [0.5, 0.6) is 0 Å². The summed E-state index contributed by atoms with van der Waals surface area (Å²) in [5, 5.41) is 11.0. The van der Waals surface area contributed by atoms with Crippen molar-refractivity contribution in [3.8, 4) is 0 Å². The molecule has 186 valence electrons. The van der Waals surface area contributed by atoms with E-state index in [4.69, 9.17) is 0 Å². The summed E-state index contributed by atoms with van der Waals surface area (Å²) in [6.07, 6.45) is 1.34. The van der Waals surface area contributed by atoms with E-state index in [1.165, 1.54) is 16.4 Å². The molecule has 8 nitrogen and oxygen atoms in total. The number of thiophene rings is 1. The molecule has 0 fully saturated rings. The Morgan fingerprint density at radius 1 is 1.00 bits per heavy atom. The summed E-state index contributed by atoms with van der Waals surface area (Å²) in [5.41, 5.74) is 0.757. The number of nitro groups is 1. The first-order valence-corrected chi connectivity index (χ1v) is 13.6. The summed E-state index contributed by atoms with van der Waals surface area (Å²) in [4.78, 5) is 27.6. The van der Waals surface area contributed by atoms with Gasteiger partial charge in [0.1, 0.15) is 0 Å². The van der Waals surface area contributed by atoms with Crippen LogP contribution >= 0.6 is 11.3 Å². The summed E-state index contributed by atoms with van der Waals surface area (Å²) in [6.45, 7) is 4.55. The molecule has 0 unspecified atom stereocenters. The Kier molecular flexibility index (Phi) is 9.13. The van der Waals surface area contributed by atoms with E-state index in [1.807, 2.05) is 56.3 Å². The highest BCUT2D eigenvalue weighted by Gasteiger charge is 2.29. The number of unbranched alkanes of at least 4 members (excludes halogenated alkanes) is 1. The Hall–Kier alpha value is -3.08. The highest BCUT2D eigenvalue weighted by molar-refractivity contribution is 7.89. The average Bonchev–Trinajstić information content (AvgIpc) is 3.26. The minimum absolute atomic E-state index is 0.0736. The molecule has 0 bridgehead atoms.